The van der Waals surface area contributed by atoms with Gasteiger partial charge in [-0.25, -0.2) is 0 Å². The fourth-order valence-electron chi connectivity index (χ4n) is 3.19. The van der Waals surface area contributed by atoms with Crippen LogP contribution in [0.3, 0.4) is 0 Å². The number of thioether (sulfide) groups is 1. The predicted octanol–water partition coefficient (Wildman–Crippen LogP) is 5.71. The Morgan fingerprint density at radius 1 is 1.10 bits per heavy atom. The van der Waals surface area contributed by atoms with Crippen molar-refractivity contribution in [1.82, 2.24) is 10.2 Å². The Kier molecular flexibility index (Phi) is 10.4. The summed E-state index contributed by atoms with van der Waals surface area (Å²) in [4.78, 5) is 28.9. The summed E-state index contributed by atoms with van der Waals surface area (Å²) in [6.45, 7) is 9.01. The van der Waals surface area contributed by atoms with Gasteiger partial charge in [-0.05, 0) is 43.0 Å². The monoisotopic (exact) mass is 460 g/mol. The summed E-state index contributed by atoms with van der Waals surface area (Å²) >= 11 is 8.01. The van der Waals surface area contributed by atoms with E-state index in [0.29, 0.717) is 42.6 Å². The highest BCUT2D eigenvalue weighted by Crippen LogP contribution is 2.23. The van der Waals surface area contributed by atoms with Gasteiger partial charge in [0, 0.05) is 35.2 Å². The fourth-order valence-corrected chi connectivity index (χ4v) is 4.22. The quantitative estimate of drug-likeness (QED) is 0.437. The van der Waals surface area contributed by atoms with Gasteiger partial charge in [0.1, 0.15) is 6.04 Å². The van der Waals surface area contributed by atoms with Crippen LogP contribution in [0, 0.1) is 12.8 Å². The number of amides is 2. The van der Waals surface area contributed by atoms with Crippen molar-refractivity contribution >= 4 is 35.2 Å². The van der Waals surface area contributed by atoms with Crippen LogP contribution in [-0.2, 0) is 16.1 Å². The standard InChI is InChI=1S/C25H33ClN2O2S/c1-5-23(25(30)27-16-18(2)3)28(17-20-8-6-7-9-22(20)26)24(29)14-15-31-21-12-10-19(4)11-13-21/h6-13,18,23H,5,14-17H2,1-4H3,(H,27,30). The van der Waals surface area contributed by atoms with Crippen molar-refractivity contribution < 1.29 is 9.59 Å². The number of aryl methyl sites for hydroxylation is 1. The highest BCUT2D eigenvalue weighted by Gasteiger charge is 2.28. The third kappa shape index (κ3) is 8.23. The minimum Gasteiger partial charge on any atom is -0.354 e. The van der Waals surface area contributed by atoms with Gasteiger partial charge < -0.3 is 10.2 Å². The lowest BCUT2D eigenvalue weighted by Crippen LogP contribution is -2.49. The molecule has 0 bridgehead atoms. The van der Waals surface area contributed by atoms with Crippen molar-refractivity contribution in [2.75, 3.05) is 12.3 Å². The lowest BCUT2D eigenvalue weighted by Gasteiger charge is -2.31. The molecule has 168 valence electrons. The molecule has 0 saturated heterocycles. The van der Waals surface area contributed by atoms with E-state index in [2.05, 4.69) is 50.4 Å². The Morgan fingerprint density at radius 3 is 2.39 bits per heavy atom. The normalized spacial score (nSPS) is 11.9. The summed E-state index contributed by atoms with van der Waals surface area (Å²) in [6, 6.07) is 15.2. The maximum atomic E-state index is 13.2. The van der Waals surface area contributed by atoms with Crippen molar-refractivity contribution in [2.45, 2.75) is 58.0 Å². The summed E-state index contributed by atoms with van der Waals surface area (Å²) in [5, 5.41) is 3.59. The molecule has 1 atom stereocenters. The van der Waals surface area contributed by atoms with Gasteiger partial charge in [-0.1, -0.05) is 68.3 Å². The van der Waals surface area contributed by atoms with E-state index in [1.54, 1.807) is 16.7 Å². The first-order valence-electron chi connectivity index (χ1n) is 10.8. The number of carbonyl (C=O) groups is 2. The molecule has 2 aromatic carbocycles. The van der Waals surface area contributed by atoms with Crippen molar-refractivity contribution in [3.05, 3.63) is 64.7 Å². The fraction of sp³-hybridized carbons (Fsp3) is 0.440. The van der Waals surface area contributed by atoms with Gasteiger partial charge in [0.2, 0.25) is 11.8 Å². The van der Waals surface area contributed by atoms with Crippen molar-refractivity contribution in [1.29, 1.82) is 0 Å². The summed E-state index contributed by atoms with van der Waals surface area (Å²) in [7, 11) is 0. The van der Waals surface area contributed by atoms with Crippen molar-refractivity contribution in [3.63, 3.8) is 0 Å². The van der Waals surface area contributed by atoms with E-state index in [1.807, 2.05) is 31.2 Å². The zero-order chi connectivity index (χ0) is 22.8. The Labute approximate surface area is 195 Å². The number of rotatable bonds is 11. The highest BCUT2D eigenvalue weighted by atomic mass is 35.5. The van der Waals surface area contributed by atoms with Crippen LogP contribution in [0.25, 0.3) is 0 Å². The zero-order valence-electron chi connectivity index (χ0n) is 18.9. The van der Waals surface area contributed by atoms with Crippen LogP contribution in [0.5, 0.6) is 0 Å². The van der Waals surface area contributed by atoms with Crippen LogP contribution in [0.2, 0.25) is 5.02 Å². The highest BCUT2D eigenvalue weighted by molar-refractivity contribution is 7.99. The minimum atomic E-state index is -0.521. The number of hydrogen-bond acceptors (Lipinski definition) is 3. The van der Waals surface area contributed by atoms with E-state index in [4.69, 9.17) is 11.6 Å². The molecule has 0 aliphatic rings. The first-order chi connectivity index (χ1) is 14.8. The van der Waals surface area contributed by atoms with E-state index in [-0.39, 0.29) is 11.8 Å². The van der Waals surface area contributed by atoms with Crippen LogP contribution in [0.1, 0.15) is 44.7 Å². The van der Waals surface area contributed by atoms with E-state index in [0.717, 1.165) is 10.5 Å². The number of nitrogens with zero attached hydrogens (tertiary/aromatic N) is 1. The third-order valence-corrected chi connectivity index (χ3v) is 6.36. The van der Waals surface area contributed by atoms with Gasteiger partial charge in [-0.15, -0.1) is 11.8 Å². The molecule has 6 heteroatoms. The number of nitrogens with one attached hydrogen (secondary N) is 1. The molecule has 0 aliphatic heterocycles. The first kappa shape index (κ1) is 25.3. The SMILES string of the molecule is CCC(C(=O)NCC(C)C)N(Cc1ccccc1Cl)C(=O)CCSc1ccc(C)cc1. The third-order valence-electron chi connectivity index (χ3n) is 4.97. The molecule has 1 unspecified atom stereocenters. The molecular weight excluding hydrogens is 428 g/mol. The molecule has 0 spiro atoms. The smallest absolute Gasteiger partial charge is 0.242 e. The molecule has 2 aromatic rings. The van der Waals surface area contributed by atoms with Crippen LogP contribution in [0.15, 0.2) is 53.4 Å². The molecule has 4 nitrogen and oxygen atoms in total. The molecule has 2 amide bonds. The van der Waals surface area contributed by atoms with Crippen LogP contribution < -0.4 is 5.32 Å². The minimum absolute atomic E-state index is 0.0360. The number of benzene rings is 2. The average Bonchev–Trinajstić information content (AvgIpc) is 2.74. The average molecular weight is 461 g/mol. The van der Waals surface area contributed by atoms with Gasteiger partial charge >= 0.3 is 0 Å². The second-order valence-electron chi connectivity index (χ2n) is 8.09. The molecule has 0 fully saturated rings. The van der Waals surface area contributed by atoms with Crippen LogP contribution in [0.4, 0.5) is 0 Å². The topological polar surface area (TPSA) is 49.4 Å². The van der Waals surface area contributed by atoms with Gasteiger partial charge in [0.15, 0.2) is 0 Å². The zero-order valence-corrected chi connectivity index (χ0v) is 20.4. The van der Waals surface area contributed by atoms with Gasteiger partial charge in [-0.2, -0.15) is 0 Å². The van der Waals surface area contributed by atoms with Crippen molar-refractivity contribution in [2.24, 2.45) is 5.92 Å². The number of hydrogen-bond donors (Lipinski definition) is 1. The maximum absolute atomic E-state index is 13.2. The largest absolute Gasteiger partial charge is 0.354 e. The summed E-state index contributed by atoms with van der Waals surface area (Å²) in [5.74, 6) is 0.860. The molecule has 31 heavy (non-hydrogen) atoms. The molecule has 1 N–H and O–H groups in total. The van der Waals surface area contributed by atoms with E-state index in [1.165, 1.54) is 5.56 Å². The second-order valence-corrected chi connectivity index (χ2v) is 9.66. The Morgan fingerprint density at radius 2 is 1.77 bits per heavy atom. The Bertz CT molecular complexity index is 855. The van der Waals surface area contributed by atoms with Crippen molar-refractivity contribution in [3.8, 4) is 0 Å². The first-order valence-corrected chi connectivity index (χ1v) is 12.2. The molecule has 0 radical (unpaired) electrons. The summed E-state index contributed by atoms with van der Waals surface area (Å²) in [5.41, 5.74) is 2.06. The Hall–Kier alpha value is -1.98. The molecule has 0 aromatic heterocycles. The predicted molar refractivity (Wildman–Crippen MR) is 130 cm³/mol. The van der Waals surface area contributed by atoms with Crippen LogP contribution >= 0.6 is 23.4 Å². The van der Waals surface area contributed by atoms with Crippen LogP contribution in [-0.4, -0.2) is 35.1 Å². The lowest BCUT2D eigenvalue weighted by atomic mass is 10.1. The van der Waals surface area contributed by atoms with Gasteiger partial charge in [-0.3, -0.25) is 9.59 Å². The summed E-state index contributed by atoms with van der Waals surface area (Å²) in [6.07, 6.45) is 0.905. The molecule has 0 heterocycles. The lowest BCUT2D eigenvalue weighted by molar-refractivity contribution is -0.141. The maximum Gasteiger partial charge on any atom is 0.242 e. The number of carbonyl (C=O) groups excluding carboxylic acids is 2. The summed E-state index contributed by atoms with van der Waals surface area (Å²) < 4.78 is 0. The molecule has 0 aliphatic carbocycles. The molecular formula is C25H33ClN2O2S. The number of halogens is 1. The van der Waals surface area contributed by atoms with E-state index < -0.39 is 6.04 Å². The van der Waals surface area contributed by atoms with E-state index >= 15 is 0 Å². The Balaban J connectivity index is 2.12. The molecule has 2 rings (SSSR count). The second kappa shape index (κ2) is 12.8. The van der Waals surface area contributed by atoms with Gasteiger partial charge in [0.25, 0.3) is 0 Å². The van der Waals surface area contributed by atoms with Gasteiger partial charge in [0.05, 0.1) is 0 Å². The van der Waals surface area contributed by atoms with E-state index in [9.17, 15) is 9.59 Å². The molecule has 0 saturated carbocycles.